The number of ether oxygens (including phenoxy) is 2. The van der Waals surface area contributed by atoms with Gasteiger partial charge in [-0.1, -0.05) is 12.1 Å². The predicted molar refractivity (Wildman–Crippen MR) is 103 cm³/mol. The van der Waals surface area contributed by atoms with Crippen LogP contribution in [0, 0.1) is 0 Å². The molecule has 0 radical (unpaired) electrons. The Morgan fingerprint density at radius 3 is 2.41 bits per heavy atom. The van der Waals surface area contributed by atoms with Gasteiger partial charge in [-0.3, -0.25) is 4.79 Å². The van der Waals surface area contributed by atoms with Crippen LogP contribution in [0.25, 0.3) is 0 Å². The van der Waals surface area contributed by atoms with Crippen LogP contribution >= 0.6 is 0 Å². The van der Waals surface area contributed by atoms with Crippen molar-refractivity contribution in [3.63, 3.8) is 0 Å². The van der Waals surface area contributed by atoms with Crippen molar-refractivity contribution in [1.29, 1.82) is 0 Å². The van der Waals surface area contributed by atoms with E-state index >= 15 is 0 Å². The minimum absolute atomic E-state index is 0.0196. The van der Waals surface area contributed by atoms with Crippen molar-refractivity contribution in [1.82, 2.24) is 0 Å². The molecule has 27 heavy (non-hydrogen) atoms. The van der Waals surface area contributed by atoms with E-state index in [1.807, 2.05) is 18.2 Å². The largest absolute Gasteiger partial charge is 0.489 e. The molecule has 0 spiro atoms. The van der Waals surface area contributed by atoms with E-state index in [-0.39, 0.29) is 10.8 Å². The van der Waals surface area contributed by atoms with Gasteiger partial charge in [0.2, 0.25) is 15.9 Å². The molecule has 0 aromatic heterocycles. The summed E-state index contributed by atoms with van der Waals surface area (Å²) in [6, 6.07) is 12.4. The van der Waals surface area contributed by atoms with Crippen LogP contribution in [0.4, 0.5) is 11.4 Å². The maximum absolute atomic E-state index is 12.4. The van der Waals surface area contributed by atoms with Gasteiger partial charge < -0.3 is 20.1 Å². The van der Waals surface area contributed by atoms with Crippen LogP contribution < -0.4 is 20.5 Å². The second-order valence-electron chi connectivity index (χ2n) is 5.76. The van der Waals surface area contributed by atoms with E-state index in [1.165, 1.54) is 24.3 Å². The lowest BCUT2D eigenvalue weighted by atomic mass is 10.2. The topological polar surface area (TPSA) is 120 Å². The SMILES string of the molecule is COCCOc1ccccc1NC(C)C(=O)Nc1ccc(S(N)(=O)=O)cc1. The molecule has 1 unspecified atom stereocenters. The summed E-state index contributed by atoms with van der Waals surface area (Å²) >= 11 is 0. The molecule has 2 aromatic rings. The lowest BCUT2D eigenvalue weighted by Gasteiger charge is -2.18. The number of carbonyl (C=O) groups excluding carboxylic acids is 1. The fraction of sp³-hybridized carbons (Fsp3) is 0.278. The lowest BCUT2D eigenvalue weighted by molar-refractivity contribution is -0.116. The van der Waals surface area contributed by atoms with E-state index in [0.717, 1.165) is 0 Å². The van der Waals surface area contributed by atoms with Gasteiger partial charge in [-0.05, 0) is 43.3 Å². The van der Waals surface area contributed by atoms with Gasteiger partial charge >= 0.3 is 0 Å². The molecule has 9 heteroatoms. The number of hydrogen-bond donors (Lipinski definition) is 3. The van der Waals surface area contributed by atoms with E-state index < -0.39 is 16.1 Å². The number of anilines is 2. The first-order valence-electron chi connectivity index (χ1n) is 8.22. The highest BCUT2D eigenvalue weighted by Gasteiger charge is 2.15. The van der Waals surface area contributed by atoms with Gasteiger partial charge in [-0.15, -0.1) is 0 Å². The van der Waals surface area contributed by atoms with Gasteiger partial charge in [0.05, 0.1) is 17.2 Å². The van der Waals surface area contributed by atoms with Gasteiger partial charge in [0.1, 0.15) is 18.4 Å². The molecule has 4 N–H and O–H groups in total. The zero-order valence-corrected chi connectivity index (χ0v) is 16.0. The summed E-state index contributed by atoms with van der Waals surface area (Å²) in [6.45, 7) is 2.56. The van der Waals surface area contributed by atoms with Crippen molar-refractivity contribution in [3.05, 3.63) is 48.5 Å². The zero-order chi connectivity index (χ0) is 19.9. The number of sulfonamides is 1. The van der Waals surface area contributed by atoms with E-state index in [9.17, 15) is 13.2 Å². The summed E-state index contributed by atoms with van der Waals surface area (Å²) in [5.74, 6) is 0.330. The summed E-state index contributed by atoms with van der Waals surface area (Å²) in [5.41, 5.74) is 1.14. The Morgan fingerprint density at radius 2 is 1.78 bits per heavy atom. The van der Waals surface area contributed by atoms with Crippen LogP contribution in [0.2, 0.25) is 0 Å². The molecule has 2 aromatic carbocycles. The Morgan fingerprint density at radius 1 is 1.11 bits per heavy atom. The van der Waals surface area contributed by atoms with Crippen LogP contribution in [0.1, 0.15) is 6.92 Å². The summed E-state index contributed by atoms with van der Waals surface area (Å²) in [5, 5.41) is 10.9. The van der Waals surface area contributed by atoms with E-state index in [2.05, 4.69) is 10.6 Å². The van der Waals surface area contributed by atoms with Crippen LogP contribution in [0.5, 0.6) is 5.75 Å². The molecule has 0 saturated carbocycles. The average molecular weight is 393 g/mol. The van der Waals surface area contributed by atoms with E-state index in [4.69, 9.17) is 14.6 Å². The number of methoxy groups -OCH3 is 1. The Bertz CT molecular complexity index is 869. The number of rotatable bonds is 9. The second-order valence-corrected chi connectivity index (χ2v) is 7.32. The lowest BCUT2D eigenvalue weighted by Crippen LogP contribution is -2.32. The second kappa shape index (κ2) is 9.36. The number of nitrogens with two attached hydrogens (primary N) is 1. The molecule has 0 heterocycles. The number of benzene rings is 2. The molecule has 8 nitrogen and oxygen atoms in total. The van der Waals surface area contributed by atoms with Crippen molar-refractivity contribution in [2.24, 2.45) is 5.14 Å². The molecule has 0 aliphatic carbocycles. The number of hydrogen-bond acceptors (Lipinski definition) is 6. The molecule has 0 bridgehead atoms. The molecule has 2 rings (SSSR count). The fourth-order valence-electron chi connectivity index (χ4n) is 2.22. The summed E-state index contributed by atoms with van der Waals surface area (Å²) in [7, 11) is -2.17. The third kappa shape index (κ3) is 6.24. The highest BCUT2D eigenvalue weighted by atomic mass is 32.2. The summed E-state index contributed by atoms with van der Waals surface area (Å²) < 4.78 is 33.1. The minimum Gasteiger partial charge on any atom is -0.489 e. The van der Waals surface area contributed by atoms with Crippen LogP contribution in [0.15, 0.2) is 53.4 Å². The van der Waals surface area contributed by atoms with E-state index in [0.29, 0.717) is 30.3 Å². The van der Waals surface area contributed by atoms with Crippen LogP contribution in [-0.2, 0) is 19.6 Å². The zero-order valence-electron chi connectivity index (χ0n) is 15.1. The van der Waals surface area contributed by atoms with Gasteiger partial charge in [-0.2, -0.15) is 0 Å². The molecule has 0 saturated heterocycles. The average Bonchev–Trinajstić information content (AvgIpc) is 2.63. The maximum atomic E-state index is 12.4. The molecule has 0 aliphatic heterocycles. The molecule has 1 atom stereocenters. The Labute approximate surface area is 158 Å². The molecule has 1 amide bonds. The first-order chi connectivity index (χ1) is 12.8. The van der Waals surface area contributed by atoms with Crippen molar-refractivity contribution >= 4 is 27.3 Å². The predicted octanol–water partition coefficient (Wildman–Crippen LogP) is 1.80. The van der Waals surface area contributed by atoms with Crippen LogP contribution in [-0.4, -0.2) is 40.7 Å². The standard InChI is InChI=1S/C18H23N3O5S/c1-13(20-16-5-3-4-6-17(16)26-12-11-25-2)18(22)21-14-7-9-15(10-8-14)27(19,23)24/h3-10,13,20H,11-12H2,1-2H3,(H,21,22)(H2,19,23,24). The van der Waals surface area contributed by atoms with Crippen molar-refractivity contribution < 1.29 is 22.7 Å². The third-order valence-electron chi connectivity index (χ3n) is 3.65. The van der Waals surface area contributed by atoms with Crippen molar-refractivity contribution in [3.8, 4) is 5.75 Å². The van der Waals surface area contributed by atoms with Crippen molar-refractivity contribution in [2.45, 2.75) is 17.9 Å². The molecular weight excluding hydrogens is 370 g/mol. The summed E-state index contributed by atoms with van der Waals surface area (Å²) in [4.78, 5) is 12.4. The summed E-state index contributed by atoms with van der Waals surface area (Å²) in [6.07, 6.45) is 0. The number of carbonyl (C=O) groups is 1. The molecular formula is C18H23N3O5S. The third-order valence-corrected chi connectivity index (χ3v) is 4.58. The van der Waals surface area contributed by atoms with Gasteiger partial charge in [0.15, 0.2) is 0 Å². The molecule has 0 fully saturated rings. The Hall–Kier alpha value is -2.62. The van der Waals surface area contributed by atoms with Crippen LogP contribution in [0.3, 0.4) is 0 Å². The number of nitrogens with one attached hydrogen (secondary N) is 2. The quantitative estimate of drug-likeness (QED) is 0.559. The smallest absolute Gasteiger partial charge is 0.246 e. The highest BCUT2D eigenvalue weighted by molar-refractivity contribution is 7.89. The first kappa shape index (κ1) is 20.7. The van der Waals surface area contributed by atoms with E-state index in [1.54, 1.807) is 20.1 Å². The van der Waals surface area contributed by atoms with Gasteiger partial charge in [-0.25, -0.2) is 13.6 Å². The fourth-order valence-corrected chi connectivity index (χ4v) is 2.74. The molecule has 0 aliphatic rings. The number of amides is 1. The highest BCUT2D eigenvalue weighted by Crippen LogP contribution is 2.24. The minimum atomic E-state index is -3.77. The Kier molecular flexibility index (Phi) is 7.17. The maximum Gasteiger partial charge on any atom is 0.246 e. The Balaban J connectivity index is 2.00. The number of primary sulfonamides is 1. The normalized spacial score (nSPS) is 12.3. The monoisotopic (exact) mass is 393 g/mol. The van der Waals surface area contributed by atoms with Gasteiger partial charge in [0.25, 0.3) is 0 Å². The first-order valence-corrected chi connectivity index (χ1v) is 9.77. The van der Waals surface area contributed by atoms with Crippen molar-refractivity contribution in [2.75, 3.05) is 31.0 Å². The number of para-hydroxylation sites is 2. The molecule has 146 valence electrons. The van der Waals surface area contributed by atoms with Gasteiger partial charge in [0, 0.05) is 12.8 Å².